The molecular weight excluding hydrogens is 392 g/mol. The van der Waals surface area contributed by atoms with Crippen LogP contribution in [0.15, 0.2) is 65.6 Å². The Hall–Kier alpha value is -2.53. The standard InChI is InChI=1S/C25H28N2O2S/c1-27-21-17-20(24(28)26-15-14-18-8-4-2-5-9-18)12-13-22(21)30-23(25(27)29)16-19-10-6-3-7-11-19/h2-11,16,20-22H,12-15,17H2,1H3,(H,26,28)/b23-16+. The van der Waals surface area contributed by atoms with Crippen LogP contribution in [0.3, 0.4) is 0 Å². The van der Waals surface area contributed by atoms with Gasteiger partial charge in [-0.15, -0.1) is 11.8 Å². The number of rotatable bonds is 5. The van der Waals surface area contributed by atoms with Gasteiger partial charge in [-0.2, -0.15) is 0 Å². The van der Waals surface area contributed by atoms with Gasteiger partial charge in [0, 0.05) is 30.8 Å². The van der Waals surface area contributed by atoms with Crippen molar-refractivity contribution in [1.82, 2.24) is 10.2 Å². The van der Waals surface area contributed by atoms with Crippen LogP contribution in [0.4, 0.5) is 0 Å². The molecule has 30 heavy (non-hydrogen) atoms. The lowest BCUT2D eigenvalue weighted by Crippen LogP contribution is -2.52. The molecule has 0 bridgehead atoms. The minimum Gasteiger partial charge on any atom is -0.356 e. The molecule has 1 N–H and O–H groups in total. The number of amides is 2. The molecule has 156 valence electrons. The number of nitrogens with zero attached hydrogens (tertiary/aromatic N) is 1. The fourth-order valence-electron chi connectivity index (χ4n) is 4.36. The van der Waals surface area contributed by atoms with Crippen molar-refractivity contribution in [3.63, 3.8) is 0 Å². The highest BCUT2D eigenvalue weighted by molar-refractivity contribution is 8.04. The Balaban J connectivity index is 1.34. The molecule has 2 amide bonds. The molecule has 0 spiro atoms. The smallest absolute Gasteiger partial charge is 0.260 e. The summed E-state index contributed by atoms with van der Waals surface area (Å²) in [5, 5.41) is 3.46. The van der Waals surface area contributed by atoms with Crippen LogP contribution in [0.25, 0.3) is 6.08 Å². The first-order valence-electron chi connectivity index (χ1n) is 10.6. The van der Waals surface area contributed by atoms with Gasteiger partial charge in [-0.25, -0.2) is 0 Å². The summed E-state index contributed by atoms with van der Waals surface area (Å²) < 4.78 is 0. The molecule has 1 aliphatic carbocycles. The van der Waals surface area contributed by atoms with Crippen molar-refractivity contribution in [1.29, 1.82) is 0 Å². The summed E-state index contributed by atoms with van der Waals surface area (Å²) in [5.74, 6) is 0.175. The lowest BCUT2D eigenvalue weighted by Gasteiger charge is -2.44. The number of fused-ring (bicyclic) bond motifs is 1. The first-order valence-corrected chi connectivity index (χ1v) is 11.5. The Morgan fingerprint density at radius 2 is 1.80 bits per heavy atom. The van der Waals surface area contributed by atoms with Crippen molar-refractivity contribution in [2.24, 2.45) is 5.92 Å². The number of thioether (sulfide) groups is 1. The second kappa shape index (κ2) is 9.52. The van der Waals surface area contributed by atoms with Crippen molar-refractivity contribution in [3.05, 3.63) is 76.7 Å². The maximum absolute atomic E-state index is 12.9. The second-order valence-corrected chi connectivity index (χ2v) is 9.38. The lowest BCUT2D eigenvalue weighted by molar-refractivity contribution is -0.131. The summed E-state index contributed by atoms with van der Waals surface area (Å²) in [5.41, 5.74) is 2.28. The van der Waals surface area contributed by atoms with E-state index in [0.29, 0.717) is 11.8 Å². The van der Waals surface area contributed by atoms with Gasteiger partial charge in [0.1, 0.15) is 0 Å². The van der Waals surface area contributed by atoms with Gasteiger partial charge in [-0.05, 0) is 42.9 Å². The van der Waals surface area contributed by atoms with Gasteiger partial charge < -0.3 is 10.2 Å². The number of hydrogen-bond donors (Lipinski definition) is 1. The van der Waals surface area contributed by atoms with Gasteiger partial charge in [0.2, 0.25) is 5.91 Å². The Morgan fingerprint density at radius 1 is 1.10 bits per heavy atom. The highest BCUT2D eigenvalue weighted by Gasteiger charge is 2.42. The number of benzene rings is 2. The molecule has 5 heteroatoms. The summed E-state index contributed by atoms with van der Waals surface area (Å²) in [6, 6.07) is 20.3. The molecule has 0 radical (unpaired) electrons. The zero-order chi connectivity index (χ0) is 20.9. The maximum Gasteiger partial charge on any atom is 0.260 e. The fourth-order valence-corrected chi connectivity index (χ4v) is 5.84. The van der Waals surface area contributed by atoms with Crippen molar-refractivity contribution < 1.29 is 9.59 Å². The normalized spacial score (nSPS) is 25.1. The number of carbonyl (C=O) groups excluding carboxylic acids is 2. The quantitative estimate of drug-likeness (QED) is 0.740. The first kappa shape index (κ1) is 20.7. The van der Waals surface area contributed by atoms with E-state index in [4.69, 9.17) is 0 Å². The van der Waals surface area contributed by atoms with Crippen LogP contribution in [0, 0.1) is 5.92 Å². The van der Waals surface area contributed by atoms with Gasteiger partial charge in [0.25, 0.3) is 5.91 Å². The average molecular weight is 421 g/mol. The molecule has 2 fully saturated rings. The molecule has 1 saturated carbocycles. The van der Waals surface area contributed by atoms with Crippen LogP contribution in [0.1, 0.15) is 30.4 Å². The molecule has 2 aromatic rings. The molecule has 0 aromatic heterocycles. The maximum atomic E-state index is 12.9. The van der Waals surface area contributed by atoms with Crippen LogP contribution >= 0.6 is 11.8 Å². The van der Waals surface area contributed by atoms with Gasteiger partial charge in [-0.1, -0.05) is 60.7 Å². The molecule has 1 heterocycles. The average Bonchev–Trinajstić information content (AvgIpc) is 2.78. The third-order valence-corrected chi connectivity index (χ3v) is 7.48. The summed E-state index contributed by atoms with van der Waals surface area (Å²) in [4.78, 5) is 28.3. The van der Waals surface area contributed by atoms with E-state index < -0.39 is 0 Å². The summed E-state index contributed by atoms with van der Waals surface area (Å²) >= 11 is 1.69. The largest absolute Gasteiger partial charge is 0.356 e. The monoisotopic (exact) mass is 420 g/mol. The topological polar surface area (TPSA) is 49.4 Å². The van der Waals surface area contributed by atoms with E-state index in [-0.39, 0.29) is 23.8 Å². The molecule has 2 aromatic carbocycles. The van der Waals surface area contributed by atoms with Crippen LogP contribution in [0.2, 0.25) is 0 Å². The van der Waals surface area contributed by atoms with Crippen molar-refractivity contribution in [2.75, 3.05) is 13.6 Å². The van der Waals surface area contributed by atoms with E-state index in [2.05, 4.69) is 17.4 Å². The number of carbonyl (C=O) groups is 2. The number of nitrogens with one attached hydrogen (secondary N) is 1. The highest BCUT2D eigenvalue weighted by atomic mass is 32.2. The zero-order valence-electron chi connectivity index (χ0n) is 17.3. The first-order chi connectivity index (χ1) is 14.6. The molecular formula is C25H28N2O2S. The van der Waals surface area contributed by atoms with Crippen molar-refractivity contribution in [3.8, 4) is 0 Å². The minimum absolute atomic E-state index is 0.0162. The minimum atomic E-state index is -0.0162. The van der Waals surface area contributed by atoms with Gasteiger partial charge >= 0.3 is 0 Å². The van der Waals surface area contributed by atoms with E-state index in [1.165, 1.54) is 5.56 Å². The SMILES string of the molecule is CN1C(=O)/C(=C\c2ccccc2)SC2CCC(C(=O)NCCc3ccccc3)CC21. The van der Waals surface area contributed by atoms with Crippen LogP contribution in [-0.4, -0.2) is 41.6 Å². The summed E-state index contributed by atoms with van der Waals surface area (Å²) in [6.07, 6.45) is 5.41. The molecule has 1 saturated heterocycles. The molecule has 2 aliphatic rings. The molecule has 3 unspecified atom stereocenters. The number of likely N-dealkylation sites (N-methyl/N-ethyl adjacent to an activating group) is 1. The molecule has 1 aliphatic heterocycles. The van der Waals surface area contributed by atoms with Crippen molar-refractivity contribution in [2.45, 2.75) is 37.0 Å². The second-order valence-electron chi connectivity index (χ2n) is 8.10. The molecule has 4 rings (SSSR count). The van der Waals surface area contributed by atoms with E-state index in [0.717, 1.165) is 36.2 Å². The Kier molecular flexibility index (Phi) is 6.58. The van der Waals surface area contributed by atoms with Gasteiger partial charge in [0.05, 0.1) is 4.91 Å². The highest BCUT2D eigenvalue weighted by Crippen LogP contribution is 2.43. The third kappa shape index (κ3) is 4.78. The van der Waals surface area contributed by atoms with Crippen LogP contribution in [0.5, 0.6) is 0 Å². The summed E-state index contributed by atoms with van der Waals surface area (Å²) in [6.45, 7) is 0.654. The van der Waals surface area contributed by atoms with Gasteiger partial charge in [-0.3, -0.25) is 9.59 Å². The van der Waals surface area contributed by atoms with Crippen LogP contribution < -0.4 is 5.32 Å². The fraction of sp³-hybridized carbons (Fsp3) is 0.360. The Morgan fingerprint density at radius 3 is 2.53 bits per heavy atom. The van der Waals surface area contributed by atoms with E-state index in [1.54, 1.807) is 11.8 Å². The summed E-state index contributed by atoms with van der Waals surface area (Å²) in [7, 11) is 1.88. The Bertz CT molecular complexity index is 913. The third-order valence-electron chi connectivity index (χ3n) is 6.09. The Labute approximate surface area is 182 Å². The van der Waals surface area contributed by atoms with Crippen LogP contribution in [-0.2, 0) is 16.0 Å². The zero-order valence-corrected chi connectivity index (χ0v) is 18.1. The van der Waals surface area contributed by atoms with E-state index >= 15 is 0 Å². The van der Waals surface area contributed by atoms with Gasteiger partial charge in [0.15, 0.2) is 0 Å². The van der Waals surface area contributed by atoms with E-state index in [9.17, 15) is 9.59 Å². The van der Waals surface area contributed by atoms with E-state index in [1.807, 2.05) is 66.6 Å². The lowest BCUT2D eigenvalue weighted by atomic mass is 9.83. The molecule has 4 nitrogen and oxygen atoms in total. The molecule has 3 atom stereocenters. The predicted octanol–water partition coefficient (Wildman–Crippen LogP) is 4.13. The van der Waals surface area contributed by atoms with Crippen molar-refractivity contribution >= 4 is 29.7 Å². The predicted molar refractivity (Wildman–Crippen MR) is 123 cm³/mol. The number of hydrogen-bond acceptors (Lipinski definition) is 3.